The van der Waals surface area contributed by atoms with Gasteiger partial charge < -0.3 is 16.4 Å². The van der Waals surface area contributed by atoms with E-state index < -0.39 is 0 Å². The van der Waals surface area contributed by atoms with E-state index in [2.05, 4.69) is 10.6 Å². The van der Waals surface area contributed by atoms with Crippen LogP contribution in [0.25, 0.3) is 0 Å². The molecule has 2 rings (SSSR count). The van der Waals surface area contributed by atoms with Crippen LogP contribution in [0.15, 0.2) is 54.6 Å². The van der Waals surface area contributed by atoms with Crippen molar-refractivity contribution in [2.24, 2.45) is 0 Å². The van der Waals surface area contributed by atoms with Gasteiger partial charge in [0, 0.05) is 17.9 Å². The Morgan fingerprint density at radius 3 is 2.39 bits per heavy atom. The summed E-state index contributed by atoms with van der Waals surface area (Å²) in [5.41, 5.74) is 8.63. The van der Waals surface area contributed by atoms with Crippen molar-refractivity contribution in [2.45, 2.75) is 6.54 Å². The normalized spacial score (nSPS) is 9.78. The number of hydrogen-bond acceptors (Lipinski definition) is 2. The molecule has 2 aromatic rings. The van der Waals surface area contributed by atoms with Crippen molar-refractivity contribution in [1.29, 1.82) is 0 Å². The molecule has 0 heterocycles. The molecule has 0 atom stereocenters. The summed E-state index contributed by atoms with van der Waals surface area (Å²) >= 11 is 5.22. The molecular formula is C14H15N3S. The van der Waals surface area contributed by atoms with E-state index in [0.29, 0.717) is 11.7 Å². The predicted octanol–water partition coefficient (Wildman–Crippen LogP) is 2.76. The molecule has 2 aromatic carbocycles. The van der Waals surface area contributed by atoms with Gasteiger partial charge >= 0.3 is 0 Å². The number of para-hydroxylation sites is 2. The third-order valence-corrected chi connectivity index (χ3v) is 2.77. The molecule has 0 saturated heterocycles. The van der Waals surface area contributed by atoms with Gasteiger partial charge in [0.15, 0.2) is 5.11 Å². The van der Waals surface area contributed by atoms with E-state index in [-0.39, 0.29) is 0 Å². The van der Waals surface area contributed by atoms with Crippen molar-refractivity contribution >= 4 is 28.7 Å². The summed E-state index contributed by atoms with van der Waals surface area (Å²) in [6.07, 6.45) is 0. The molecule has 4 heteroatoms. The van der Waals surface area contributed by atoms with Gasteiger partial charge in [-0.15, -0.1) is 0 Å². The van der Waals surface area contributed by atoms with E-state index in [1.165, 1.54) is 0 Å². The highest BCUT2D eigenvalue weighted by atomic mass is 32.1. The summed E-state index contributed by atoms with van der Waals surface area (Å²) < 4.78 is 0. The minimum atomic E-state index is 0.587. The van der Waals surface area contributed by atoms with Crippen LogP contribution in [0.4, 0.5) is 11.4 Å². The monoisotopic (exact) mass is 257 g/mol. The molecular weight excluding hydrogens is 242 g/mol. The van der Waals surface area contributed by atoms with Crippen LogP contribution in [0.5, 0.6) is 0 Å². The summed E-state index contributed by atoms with van der Waals surface area (Å²) in [6.45, 7) is 0.616. The lowest BCUT2D eigenvalue weighted by Gasteiger charge is -2.11. The van der Waals surface area contributed by atoms with Gasteiger partial charge in [-0.25, -0.2) is 0 Å². The summed E-state index contributed by atoms with van der Waals surface area (Å²) in [7, 11) is 0. The molecule has 0 aliphatic carbocycles. The first kappa shape index (κ1) is 12.4. The average molecular weight is 257 g/mol. The van der Waals surface area contributed by atoms with Crippen LogP contribution < -0.4 is 16.4 Å². The highest BCUT2D eigenvalue weighted by Crippen LogP contribution is 2.10. The zero-order valence-corrected chi connectivity index (χ0v) is 10.7. The van der Waals surface area contributed by atoms with Crippen LogP contribution in [-0.4, -0.2) is 5.11 Å². The largest absolute Gasteiger partial charge is 0.398 e. The second-order valence-electron chi connectivity index (χ2n) is 3.87. The van der Waals surface area contributed by atoms with Gasteiger partial charge in [-0.3, -0.25) is 0 Å². The molecule has 0 aliphatic rings. The maximum atomic E-state index is 5.86. The van der Waals surface area contributed by atoms with Gasteiger partial charge in [-0.2, -0.15) is 0 Å². The second kappa shape index (κ2) is 6.02. The Hall–Kier alpha value is -2.07. The molecule has 0 unspecified atom stereocenters. The van der Waals surface area contributed by atoms with E-state index >= 15 is 0 Å². The number of anilines is 2. The van der Waals surface area contributed by atoms with Crippen molar-refractivity contribution in [3.8, 4) is 0 Å². The third kappa shape index (κ3) is 3.46. The first-order valence-electron chi connectivity index (χ1n) is 5.69. The van der Waals surface area contributed by atoms with Crippen molar-refractivity contribution in [2.75, 3.05) is 11.1 Å². The van der Waals surface area contributed by atoms with Crippen LogP contribution in [0.3, 0.4) is 0 Å². The summed E-state index contributed by atoms with van der Waals surface area (Å²) in [4.78, 5) is 0. The molecule has 0 aliphatic heterocycles. The molecule has 3 nitrogen and oxygen atoms in total. The van der Waals surface area contributed by atoms with Crippen LogP contribution in [-0.2, 0) is 6.54 Å². The molecule has 92 valence electrons. The third-order valence-electron chi connectivity index (χ3n) is 2.53. The summed E-state index contributed by atoms with van der Waals surface area (Å²) in [6, 6.07) is 17.5. The Morgan fingerprint density at radius 2 is 1.67 bits per heavy atom. The Bertz CT molecular complexity index is 526. The fraction of sp³-hybridized carbons (Fsp3) is 0.0714. The Kier molecular flexibility index (Phi) is 4.15. The van der Waals surface area contributed by atoms with Gasteiger partial charge in [0.05, 0.1) is 0 Å². The Labute approximate surface area is 112 Å². The fourth-order valence-corrected chi connectivity index (χ4v) is 1.76. The minimum Gasteiger partial charge on any atom is -0.398 e. The minimum absolute atomic E-state index is 0.587. The number of rotatable bonds is 3. The van der Waals surface area contributed by atoms with Crippen LogP contribution >= 0.6 is 12.2 Å². The van der Waals surface area contributed by atoms with Crippen molar-refractivity contribution in [1.82, 2.24) is 5.32 Å². The second-order valence-corrected chi connectivity index (χ2v) is 4.28. The lowest BCUT2D eigenvalue weighted by Crippen LogP contribution is -2.28. The first-order valence-corrected chi connectivity index (χ1v) is 6.10. The van der Waals surface area contributed by atoms with Gasteiger partial charge in [0.25, 0.3) is 0 Å². The molecule has 0 bridgehead atoms. The van der Waals surface area contributed by atoms with E-state index in [4.69, 9.17) is 18.0 Å². The van der Waals surface area contributed by atoms with E-state index in [0.717, 1.165) is 16.9 Å². The summed E-state index contributed by atoms with van der Waals surface area (Å²) in [5, 5.41) is 6.83. The number of thiocarbonyl (C=S) groups is 1. The van der Waals surface area contributed by atoms with Crippen molar-refractivity contribution in [3.05, 3.63) is 60.2 Å². The highest BCUT2D eigenvalue weighted by molar-refractivity contribution is 7.80. The molecule has 0 aromatic heterocycles. The number of benzene rings is 2. The standard InChI is InChI=1S/C14H15N3S/c15-13-9-5-4-6-11(13)10-16-14(18)17-12-7-2-1-3-8-12/h1-9H,10,15H2,(H2,16,17,18). The van der Waals surface area contributed by atoms with E-state index in [9.17, 15) is 0 Å². The van der Waals surface area contributed by atoms with Gasteiger partial charge in [-0.05, 0) is 36.0 Å². The Balaban J connectivity index is 1.88. The van der Waals surface area contributed by atoms with Crippen LogP contribution in [0.2, 0.25) is 0 Å². The molecule has 4 N–H and O–H groups in total. The maximum absolute atomic E-state index is 5.86. The van der Waals surface area contributed by atoms with Crippen LogP contribution in [0.1, 0.15) is 5.56 Å². The zero-order valence-electron chi connectivity index (χ0n) is 9.89. The Morgan fingerprint density at radius 1 is 1.00 bits per heavy atom. The van der Waals surface area contributed by atoms with Gasteiger partial charge in [0.2, 0.25) is 0 Å². The molecule has 0 spiro atoms. The first-order chi connectivity index (χ1) is 8.75. The molecule has 0 fully saturated rings. The number of nitrogens with one attached hydrogen (secondary N) is 2. The van der Waals surface area contributed by atoms with Crippen LogP contribution in [0, 0.1) is 0 Å². The average Bonchev–Trinajstić information content (AvgIpc) is 2.39. The topological polar surface area (TPSA) is 50.1 Å². The van der Waals surface area contributed by atoms with Gasteiger partial charge in [-0.1, -0.05) is 36.4 Å². The number of nitrogens with two attached hydrogens (primary N) is 1. The lowest BCUT2D eigenvalue weighted by atomic mass is 10.2. The van der Waals surface area contributed by atoms with Crippen molar-refractivity contribution in [3.63, 3.8) is 0 Å². The van der Waals surface area contributed by atoms with Crippen molar-refractivity contribution < 1.29 is 0 Å². The maximum Gasteiger partial charge on any atom is 0.171 e. The predicted molar refractivity (Wildman–Crippen MR) is 80.4 cm³/mol. The molecule has 0 saturated carbocycles. The zero-order chi connectivity index (χ0) is 12.8. The van der Waals surface area contributed by atoms with E-state index in [1.807, 2.05) is 54.6 Å². The summed E-state index contributed by atoms with van der Waals surface area (Å²) in [5.74, 6) is 0. The molecule has 0 radical (unpaired) electrons. The quantitative estimate of drug-likeness (QED) is 0.584. The number of nitrogen functional groups attached to an aromatic ring is 1. The smallest absolute Gasteiger partial charge is 0.171 e. The number of hydrogen-bond donors (Lipinski definition) is 3. The fourth-order valence-electron chi connectivity index (χ4n) is 1.57. The lowest BCUT2D eigenvalue weighted by molar-refractivity contribution is 0.929. The van der Waals surface area contributed by atoms with Gasteiger partial charge in [0.1, 0.15) is 0 Å². The highest BCUT2D eigenvalue weighted by Gasteiger charge is 1.99. The molecule has 18 heavy (non-hydrogen) atoms. The van der Waals surface area contributed by atoms with E-state index in [1.54, 1.807) is 0 Å². The SMILES string of the molecule is Nc1ccccc1CNC(=S)Nc1ccccc1. The molecule has 0 amide bonds.